The number of methoxy groups -OCH3 is 1. The quantitative estimate of drug-likeness (QED) is 0.314. The maximum absolute atomic E-state index is 12.4. The second-order valence-electron chi connectivity index (χ2n) is 6.51. The predicted octanol–water partition coefficient (Wildman–Crippen LogP) is 7.12. The van der Waals surface area contributed by atoms with E-state index in [1.165, 1.54) is 13.2 Å². The van der Waals surface area contributed by atoms with E-state index in [4.69, 9.17) is 44.0 Å². The summed E-state index contributed by atoms with van der Waals surface area (Å²) in [7, 11) is 1.50. The van der Waals surface area contributed by atoms with Crippen LogP contribution in [0.3, 0.4) is 0 Å². The van der Waals surface area contributed by atoms with E-state index in [9.17, 15) is 4.79 Å². The number of nitrogens with zero attached hydrogens (tertiary/aromatic N) is 1. The highest BCUT2D eigenvalue weighted by atomic mass is 35.5. The maximum atomic E-state index is 12.4. The lowest BCUT2D eigenvalue weighted by molar-refractivity contribution is -0.111. The van der Waals surface area contributed by atoms with Crippen molar-refractivity contribution in [2.24, 2.45) is 0 Å². The average molecular weight is 474 g/mol. The molecule has 1 aromatic heterocycles. The van der Waals surface area contributed by atoms with Crippen molar-refractivity contribution in [3.63, 3.8) is 0 Å². The van der Waals surface area contributed by atoms with Crippen LogP contribution in [0.5, 0.6) is 5.75 Å². The molecule has 31 heavy (non-hydrogen) atoms. The highest BCUT2D eigenvalue weighted by Gasteiger charge is 2.12. The van der Waals surface area contributed by atoms with Crippen LogP contribution in [0.15, 0.2) is 65.1 Å². The summed E-state index contributed by atoms with van der Waals surface area (Å²) in [4.78, 5) is 16.9. The first-order valence-corrected chi connectivity index (χ1v) is 10.3. The molecule has 5 nitrogen and oxygen atoms in total. The lowest BCUT2D eigenvalue weighted by Crippen LogP contribution is -2.07. The van der Waals surface area contributed by atoms with E-state index in [0.717, 1.165) is 0 Å². The smallest absolute Gasteiger partial charge is 0.248 e. The summed E-state index contributed by atoms with van der Waals surface area (Å²) in [6.07, 6.45) is 2.95. The van der Waals surface area contributed by atoms with Gasteiger partial charge in [0.1, 0.15) is 11.3 Å². The maximum Gasteiger partial charge on any atom is 0.248 e. The van der Waals surface area contributed by atoms with E-state index < -0.39 is 0 Å². The zero-order chi connectivity index (χ0) is 22.0. The number of oxazole rings is 1. The topological polar surface area (TPSA) is 64.4 Å². The fourth-order valence-corrected chi connectivity index (χ4v) is 3.83. The third-order valence-corrected chi connectivity index (χ3v) is 5.24. The third kappa shape index (κ3) is 4.69. The van der Waals surface area contributed by atoms with Crippen molar-refractivity contribution in [2.45, 2.75) is 0 Å². The van der Waals surface area contributed by atoms with E-state index in [-0.39, 0.29) is 5.91 Å². The molecular weight excluding hydrogens is 459 g/mol. The van der Waals surface area contributed by atoms with Gasteiger partial charge in [0.05, 0.1) is 22.7 Å². The standard InChI is InChI=1S/C23H15Cl3N2O3/c1-30-22-13(10-14(24)11-18(22)26)6-9-21(29)27-15-7-8-20-19(12-15)28-23(31-20)16-4-2-3-5-17(16)25/h2-12H,1H3,(H,27,29)/b9-6+. The first kappa shape index (κ1) is 21.2. The Bertz CT molecular complexity index is 1310. The summed E-state index contributed by atoms with van der Waals surface area (Å²) >= 11 is 18.4. The fraction of sp³-hybridized carbons (Fsp3) is 0.0435. The second kappa shape index (κ2) is 9.02. The Morgan fingerprint density at radius 1 is 1.06 bits per heavy atom. The van der Waals surface area contributed by atoms with Crippen LogP contribution in [0.25, 0.3) is 28.6 Å². The van der Waals surface area contributed by atoms with Gasteiger partial charge in [-0.1, -0.05) is 46.9 Å². The minimum atomic E-state index is -0.340. The molecule has 4 aromatic rings. The monoisotopic (exact) mass is 472 g/mol. The molecule has 0 aliphatic rings. The molecule has 1 N–H and O–H groups in total. The molecule has 1 heterocycles. The molecule has 0 saturated heterocycles. The van der Waals surface area contributed by atoms with E-state index in [2.05, 4.69) is 10.3 Å². The molecule has 1 amide bonds. The van der Waals surface area contributed by atoms with E-state index in [1.807, 2.05) is 18.2 Å². The molecule has 0 saturated carbocycles. The molecule has 0 atom stereocenters. The van der Waals surface area contributed by atoms with Gasteiger partial charge in [0, 0.05) is 22.3 Å². The van der Waals surface area contributed by atoms with Crippen LogP contribution in [-0.4, -0.2) is 18.0 Å². The average Bonchev–Trinajstić information content (AvgIpc) is 3.15. The summed E-state index contributed by atoms with van der Waals surface area (Å²) in [5.41, 5.74) is 3.04. The number of hydrogen-bond acceptors (Lipinski definition) is 4. The molecule has 8 heteroatoms. The Hall–Kier alpha value is -2.99. The molecule has 4 rings (SSSR count). The van der Waals surface area contributed by atoms with Crippen LogP contribution in [0.4, 0.5) is 5.69 Å². The predicted molar refractivity (Wildman–Crippen MR) is 125 cm³/mol. The van der Waals surface area contributed by atoms with Gasteiger partial charge in [-0.15, -0.1) is 0 Å². The number of benzene rings is 3. The lowest BCUT2D eigenvalue weighted by atomic mass is 10.2. The number of carbonyl (C=O) groups excluding carboxylic acids is 1. The number of carbonyl (C=O) groups is 1. The molecule has 0 radical (unpaired) electrons. The van der Waals surface area contributed by atoms with Gasteiger partial charge in [-0.2, -0.15) is 0 Å². The van der Waals surface area contributed by atoms with Crippen LogP contribution in [0, 0.1) is 0 Å². The Labute approximate surface area is 193 Å². The van der Waals surface area contributed by atoms with Crippen molar-refractivity contribution in [1.82, 2.24) is 4.98 Å². The summed E-state index contributed by atoms with van der Waals surface area (Å²) in [5.74, 6) is 0.507. The van der Waals surface area contributed by atoms with Gasteiger partial charge < -0.3 is 14.5 Å². The van der Waals surface area contributed by atoms with Crippen LogP contribution in [0.1, 0.15) is 5.56 Å². The van der Waals surface area contributed by atoms with Crippen LogP contribution >= 0.6 is 34.8 Å². The molecule has 0 aliphatic carbocycles. The molecule has 0 bridgehead atoms. The molecule has 0 spiro atoms. The number of hydrogen-bond donors (Lipinski definition) is 1. The molecule has 3 aromatic carbocycles. The van der Waals surface area contributed by atoms with Gasteiger partial charge in [-0.3, -0.25) is 4.79 Å². The molecule has 0 fully saturated rings. The first-order valence-electron chi connectivity index (χ1n) is 9.12. The highest BCUT2D eigenvalue weighted by Crippen LogP contribution is 2.33. The summed E-state index contributed by atoms with van der Waals surface area (Å²) in [5, 5.41) is 4.14. The minimum Gasteiger partial charge on any atom is -0.495 e. The third-order valence-electron chi connectivity index (χ3n) is 4.41. The number of anilines is 1. The Morgan fingerprint density at radius 3 is 2.65 bits per heavy atom. The SMILES string of the molecule is COc1c(Cl)cc(Cl)cc1/C=C/C(=O)Nc1ccc2oc(-c3ccccc3Cl)nc2c1. The van der Waals surface area contributed by atoms with Crippen molar-refractivity contribution < 1.29 is 13.9 Å². The molecule has 156 valence electrons. The van der Waals surface area contributed by atoms with Crippen LogP contribution in [0.2, 0.25) is 15.1 Å². The molecular formula is C23H15Cl3N2O3. The summed E-state index contributed by atoms with van der Waals surface area (Å²) < 4.78 is 11.1. The van der Waals surface area contributed by atoms with Crippen LogP contribution in [-0.2, 0) is 4.79 Å². The Kier molecular flexibility index (Phi) is 6.18. The number of ether oxygens (including phenoxy) is 1. The first-order chi connectivity index (χ1) is 14.9. The van der Waals surface area contributed by atoms with Gasteiger partial charge in [-0.05, 0) is 48.5 Å². The van der Waals surface area contributed by atoms with Crippen molar-refractivity contribution >= 4 is 63.6 Å². The van der Waals surface area contributed by atoms with Gasteiger partial charge >= 0.3 is 0 Å². The van der Waals surface area contributed by atoms with Gasteiger partial charge in [0.2, 0.25) is 11.8 Å². The largest absolute Gasteiger partial charge is 0.495 e. The highest BCUT2D eigenvalue weighted by molar-refractivity contribution is 6.36. The minimum absolute atomic E-state index is 0.340. The molecule has 0 aliphatic heterocycles. The Morgan fingerprint density at radius 2 is 1.87 bits per heavy atom. The fourth-order valence-electron chi connectivity index (χ4n) is 3.02. The van der Waals surface area contributed by atoms with E-state index in [1.54, 1.807) is 42.5 Å². The second-order valence-corrected chi connectivity index (χ2v) is 7.76. The normalized spacial score (nSPS) is 11.2. The van der Waals surface area contributed by atoms with Crippen LogP contribution < -0.4 is 10.1 Å². The Balaban J connectivity index is 1.54. The lowest BCUT2D eigenvalue weighted by Gasteiger charge is -2.08. The number of halogens is 3. The zero-order valence-corrected chi connectivity index (χ0v) is 18.4. The van der Waals surface area contributed by atoms with Gasteiger partial charge in [0.15, 0.2) is 5.58 Å². The van der Waals surface area contributed by atoms with E-state index in [0.29, 0.717) is 54.6 Å². The van der Waals surface area contributed by atoms with Crippen molar-refractivity contribution in [1.29, 1.82) is 0 Å². The van der Waals surface area contributed by atoms with Crippen molar-refractivity contribution in [2.75, 3.05) is 12.4 Å². The number of amides is 1. The number of rotatable bonds is 5. The van der Waals surface area contributed by atoms with Crippen molar-refractivity contribution in [3.05, 3.63) is 81.3 Å². The summed E-state index contributed by atoms with van der Waals surface area (Å²) in [6, 6.07) is 15.7. The van der Waals surface area contributed by atoms with Gasteiger partial charge in [0.25, 0.3) is 0 Å². The molecule has 0 unspecified atom stereocenters. The zero-order valence-electron chi connectivity index (χ0n) is 16.2. The number of fused-ring (bicyclic) bond motifs is 1. The number of nitrogens with one attached hydrogen (secondary N) is 1. The number of aromatic nitrogens is 1. The van der Waals surface area contributed by atoms with E-state index >= 15 is 0 Å². The van der Waals surface area contributed by atoms with Gasteiger partial charge in [-0.25, -0.2) is 4.98 Å². The summed E-state index contributed by atoms with van der Waals surface area (Å²) in [6.45, 7) is 0. The van der Waals surface area contributed by atoms with Crippen molar-refractivity contribution in [3.8, 4) is 17.2 Å².